The van der Waals surface area contributed by atoms with Crippen molar-refractivity contribution in [3.8, 4) is 0 Å². The highest BCUT2D eigenvalue weighted by atomic mass is 35.5. The van der Waals surface area contributed by atoms with Crippen LogP contribution in [-0.2, 0) is 0 Å². The number of nitrogens with zero attached hydrogens (tertiary/aromatic N) is 2. The van der Waals surface area contributed by atoms with Crippen LogP contribution < -0.4 is 10.6 Å². The highest BCUT2D eigenvalue weighted by Crippen LogP contribution is 2.22. The lowest BCUT2D eigenvalue weighted by Gasteiger charge is -2.10. The van der Waals surface area contributed by atoms with Crippen LogP contribution in [0.4, 0.5) is 17.3 Å². The van der Waals surface area contributed by atoms with Gasteiger partial charge in [0.15, 0.2) is 0 Å². The molecule has 3 aromatic rings. The molecule has 0 aliphatic carbocycles. The number of anilines is 3. The lowest BCUT2D eigenvalue weighted by molar-refractivity contribution is 0.102. The molecule has 132 valence electrons. The molecule has 0 atom stereocenters. The molecule has 0 aliphatic rings. The average molecular weight is 387 g/mol. The van der Waals surface area contributed by atoms with Crippen molar-refractivity contribution in [2.45, 2.75) is 13.8 Å². The van der Waals surface area contributed by atoms with E-state index >= 15 is 0 Å². The number of benzene rings is 2. The zero-order valence-corrected chi connectivity index (χ0v) is 15.7. The van der Waals surface area contributed by atoms with Crippen molar-refractivity contribution in [2.24, 2.45) is 0 Å². The van der Waals surface area contributed by atoms with Gasteiger partial charge in [0.05, 0.1) is 0 Å². The minimum atomic E-state index is -0.345. The molecule has 0 aliphatic heterocycles. The quantitative estimate of drug-likeness (QED) is 0.629. The molecule has 2 aromatic carbocycles. The number of aromatic nitrogens is 2. The lowest BCUT2D eigenvalue weighted by atomic mass is 10.2. The predicted molar refractivity (Wildman–Crippen MR) is 106 cm³/mol. The first-order chi connectivity index (χ1) is 12.4. The van der Waals surface area contributed by atoms with Gasteiger partial charge in [-0.1, -0.05) is 35.3 Å². The molecule has 5 nitrogen and oxygen atoms in total. The lowest BCUT2D eigenvalue weighted by Crippen LogP contribution is -2.15. The van der Waals surface area contributed by atoms with E-state index in [1.807, 2.05) is 19.1 Å². The molecule has 7 heteroatoms. The average Bonchev–Trinajstić information content (AvgIpc) is 2.58. The predicted octanol–water partition coefficient (Wildman–Crippen LogP) is 5.40. The van der Waals surface area contributed by atoms with Gasteiger partial charge in [-0.25, -0.2) is 9.97 Å². The van der Waals surface area contributed by atoms with Gasteiger partial charge in [0.25, 0.3) is 5.91 Å². The molecule has 0 spiro atoms. The Kier molecular flexibility index (Phi) is 5.40. The van der Waals surface area contributed by atoms with Crippen LogP contribution in [0.15, 0.2) is 48.5 Å². The van der Waals surface area contributed by atoms with Crippen LogP contribution in [0.3, 0.4) is 0 Å². The number of aryl methyl sites for hydroxylation is 2. The molecule has 0 fully saturated rings. The van der Waals surface area contributed by atoms with Gasteiger partial charge in [0.2, 0.25) is 5.95 Å². The standard InChI is InChI=1S/C19H16Cl2N4O/c1-11-6-7-15(10-16(11)21)24-19-22-12(2)8-17(25-19)18(26)23-14-5-3-4-13(20)9-14/h3-10H,1-2H3,(H,23,26)(H,22,24,25). The van der Waals surface area contributed by atoms with Crippen LogP contribution in [0.5, 0.6) is 0 Å². The second-order valence-corrected chi connectivity index (χ2v) is 6.62. The Balaban J connectivity index is 1.82. The summed E-state index contributed by atoms with van der Waals surface area (Å²) in [6, 6.07) is 14.1. The van der Waals surface area contributed by atoms with Crippen molar-refractivity contribution < 1.29 is 4.79 Å². The van der Waals surface area contributed by atoms with Crippen LogP contribution in [0.1, 0.15) is 21.7 Å². The first-order valence-corrected chi connectivity index (χ1v) is 8.62. The van der Waals surface area contributed by atoms with Gasteiger partial charge in [-0.05, 0) is 55.8 Å². The molecule has 0 saturated carbocycles. The number of hydrogen-bond acceptors (Lipinski definition) is 4. The van der Waals surface area contributed by atoms with Crippen LogP contribution in [0.25, 0.3) is 0 Å². The number of amides is 1. The summed E-state index contributed by atoms with van der Waals surface area (Å²) in [4.78, 5) is 21.1. The Hall–Kier alpha value is -2.63. The molecular formula is C19H16Cl2N4O. The molecule has 1 aromatic heterocycles. The summed E-state index contributed by atoms with van der Waals surface area (Å²) < 4.78 is 0. The van der Waals surface area contributed by atoms with E-state index in [2.05, 4.69) is 20.6 Å². The number of carbonyl (C=O) groups is 1. The Labute approximate surface area is 161 Å². The van der Waals surface area contributed by atoms with E-state index in [0.29, 0.717) is 27.4 Å². The highest BCUT2D eigenvalue weighted by molar-refractivity contribution is 6.31. The largest absolute Gasteiger partial charge is 0.324 e. The monoisotopic (exact) mass is 386 g/mol. The Morgan fingerprint density at radius 3 is 2.50 bits per heavy atom. The highest BCUT2D eigenvalue weighted by Gasteiger charge is 2.12. The van der Waals surface area contributed by atoms with Crippen molar-refractivity contribution >= 4 is 46.4 Å². The SMILES string of the molecule is Cc1cc(C(=O)Nc2cccc(Cl)c2)nc(Nc2ccc(C)c(Cl)c2)n1. The van der Waals surface area contributed by atoms with E-state index in [4.69, 9.17) is 23.2 Å². The third kappa shape index (κ3) is 4.50. The molecule has 0 unspecified atom stereocenters. The smallest absolute Gasteiger partial charge is 0.274 e. The third-order valence-electron chi connectivity index (χ3n) is 3.60. The van der Waals surface area contributed by atoms with Crippen molar-refractivity contribution in [3.05, 3.63) is 75.5 Å². The molecule has 0 bridgehead atoms. The van der Waals surface area contributed by atoms with Gasteiger partial charge in [-0.15, -0.1) is 0 Å². The summed E-state index contributed by atoms with van der Waals surface area (Å²) >= 11 is 12.1. The molecule has 26 heavy (non-hydrogen) atoms. The number of carbonyl (C=O) groups excluding carboxylic acids is 1. The Morgan fingerprint density at radius 1 is 0.962 bits per heavy atom. The topological polar surface area (TPSA) is 66.9 Å². The minimum Gasteiger partial charge on any atom is -0.324 e. The van der Waals surface area contributed by atoms with Gasteiger partial charge in [0, 0.05) is 27.1 Å². The number of rotatable bonds is 4. The van der Waals surface area contributed by atoms with Crippen LogP contribution >= 0.6 is 23.2 Å². The van der Waals surface area contributed by atoms with E-state index in [0.717, 1.165) is 11.3 Å². The van der Waals surface area contributed by atoms with E-state index in [-0.39, 0.29) is 11.6 Å². The molecule has 1 amide bonds. The molecule has 3 rings (SSSR count). The number of halogens is 2. The maximum atomic E-state index is 12.5. The molecule has 0 saturated heterocycles. The number of hydrogen-bond donors (Lipinski definition) is 2. The first-order valence-electron chi connectivity index (χ1n) is 7.86. The molecule has 2 N–H and O–H groups in total. The van der Waals surface area contributed by atoms with Gasteiger partial charge < -0.3 is 10.6 Å². The summed E-state index contributed by atoms with van der Waals surface area (Å²) in [7, 11) is 0. The summed E-state index contributed by atoms with van der Waals surface area (Å²) in [6.07, 6.45) is 0. The van der Waals surface area contributed by atoms with Gasteiger partial charge >= 0.3 is 0 Å². The van der Waals surface area contributed by atoms with Gasteiger partial charge in [-0.2, -0.15) is 0 Å². The van der Waals surface area contributed by atoms with Crippen LogP contribution in [0.2, 0.25) is 10.0 Å². The van der Waals surface area contributed by atoms with Crippen molar-refractivity contribution in [3.63, 3.8) is 0 Å². The fourth-order valence-corrected chi connectivity index (χ4v) is 2.67. The Morgan fingerprint density at radius 2 is 1.77 bits per heavy atom. The molecule has 1 heterocycles. The minimum absolute atomic E-state index is 0.248. The summed E-state index contributed by atoms with van der Waals surface area (Å²) in [5, 5.41) is 7.03. The van der Waals surface area contributed by atoms with Crippen molar-refractivity contribution in [1.82, 2.24) is 9.97 Å². The maximum Gasteiger partial charge on any atom is 0.274 e. The van der Waals surface area contributed by atoms with Crippen molar-refractivity contribution in [1.29, 1.82) is 0 Å². The third-order valence-corrected chi connectivity index (χ3v) is 4.24. The first kappa shape index (κ1) is 18.2. The Bertz CT molecular complexity index is 976. The van der Waals surface area contributed by atoms with Crippen LogP contribution in [-0.4, -0.2) is 15.9 Å². The van der Waals surface area contributed by atoms with E-state index in [1.165, 1.54) is 0 Å². The normalized spacial score (nSPS) is 10.5. The zero-order valence-electron chi connectivity index (χ0n) is 14.2. The summed E-state index contributed by atoms with van der Waals surface area (Å²) in [5.74, 6) is -0.0241. The molecular weight excluding hydrogens is 371 g/mol. The van der Waals surface area contributed by atoms with E-state index in [9.17, 15) is 4.79 Å². The maximum absolute atomic E-state index is 12.5. The second kappa shape index (κ2) is 7.72. The van der Waals surface area contributed by atoms with Crippen LogP contribution in [0, 0.1) is 13.8 Å². The van der Waals surface area contributed by atoms with Gasteiger partial charge in [-0.3, -0.25) is 4.79 Å². The van der Waals surface area contributed by atoms with Crippen molar-refractivity contribution in [2.75, 3.05) is 10.6 Å². The molecule has 0 radical (unpaired) electrons. The van der Waals surface area contributed by atoms with Gasteiger partial charge in [0.1, 0.15) is 5.69 Å². The fourth-order valence-electron chi connectivity index (χ4n) is 2.30. The van der Waals surface area contributed by atoms with E-state index in [1.54, 1.807) is 43.3 Å². The second-order valence-electron chi connectivity index (χ2n) is 5.77. The fraction of sp³-hybridized carbons (Fsp3) is 0.105. The zero-order chi connectivity index (χ0) is 18.7. The number of nitrogens with one attached hydrogen (secondary N) is 2. The summed E-state index contributed by atoms with van der Waals surface area (Å²) in [6.45, 7) is 3.72. The van der Waals surface area contributed by atoms with E-state index < -0.39 is 0 Å². The summed E-state index contributed by atoms with van der Waals surface area (Å²) in [5.41, 5.74) is 3.23.